The molecule has 108 valence electrons. The molecule has 2 unspecified atom stereocenters. The summed E-state index contributed by atoms with van der Waals surface area (Å²) in [6.07, 6.45) is 1.47. The Morgan fingerprint density at radius 3 is 2.79 bits per heavy atom. The van der Waals surface area contributed by atoms with Crippen LogP contribution in [0.2, 0.25) is 8.67 Å². The van der Waals surface area contributed by atoms with E-state index in [1.165, 1.54) is 10.4 Å². The zero-order chi connectivity index (χ0) is 14.2. The van der Waals surface area contributed by atoms with E-state index in [0.29, 0.717) is 17.3 Å². The van der Waals surface area contributed by atoms with Crippen molar-refractivity contribution in [2.45, 2.75) is 43.2 Å². The predicted molar refractivity (Wildman–Crippen MR) is 77.6 cm³/mol. The van der Waals surface area contributed by atoms with E-state index in [-0.39, 0.29) is 15.3 Å². The first-order valence-electron chi connectivity index (χ1n) is 5.97. The molecule has 0 spiro atoms. The Hall–Kier alpha value is 0.150. The molecule has 8 heteroatoms. The molecule has 0 radical (unpaired) electrons. The van der Waals surface area contributed by atoms with Gasteiger partial charge in [-0.25, -0.2) is 8.42 Å². The Morgan fingerprint density at radius 2 is 2.26 bits per heavy atom. The van der Waals surface area contributed by atoms with E-state index in [1.807, 2.05) is 0 Å². The molecule has 1 fully saturated rings. The van der Waals surface area contributed by atoms with Crippen LogP contribution in [0.25, 0.3) is 0 Å². The summed E-state index contributed by atoms with van der Waals surface area (Å²) in [6, 6.07) is 1.22. The van der Waals surface area contributed by atoms with Crippen LogP contribution in [0.1, 0.15) is 26.2 Å². The number of halogens is 2. The molecule has 0 saturated carbocycles. The van der Waals surface area contributed by atoms with Crippen LogP contribution >= 0.6 is 34.5 Å². The average Bonchev–Trinajstić information content (AvgIpc) is 2.84. The van der Waals surface area contributed by atoms with E-state index < -0.39 is 16.1 Å². The fraction of sp³-hybridized carbons (Fsp3) is 0.636. The van der Waals surface area contributed by atoms with E-state index >= 15 is 0 Å². The number of aliphatic hydroxyl groups excluding tert-OH is 1. The molecule has 0 amide bonds. The van der Waals surface area contributed by atoms with E-state index in [4.69, 9.17) is 23.2 Å². The topological polar surface area (TPSA) is 57.6 Å². The maximum atomic E-state index is 12.6. The number of nitrogens with zero attached hydrogens (tertiary/aromatic N) is 1. The SMILES string of the molecule is CC(O)CC1CCCN1S(=O)(=O)c1cc(Cl)sc1Cl. The molecule has 1 N–H and O–H groups in total. The summed E-state index contributed by atoms with van der Waals surface area (Å²) in [5.41, 5.74) is 0. The molecule has 2 rings (SSSR count). The van der Waals surface area contributed by atoms with Gasteiger partial charge < -0.3 is 5.11 Å². The van der Waals surface area contributed by atoms with Crippen LogP contribution in [0.3, 0.4) is 0 Å². The molecule has 0 bridgehead atoms. The third-order valence-electron chi connectivity index (χ3n) is 3.15. The second kappa shape index (κ2) is 5.87. The minimum atomic E-state index is -3.63. The molecule has 2 atom stereocenters. The fourth-order valence-electron chi connectivity index (χ4n) is 2.38. The molecular formula is C11H15Cl2NO3S2. The fourth-order valence-corrected chi connectivity index (χ4v) is 6.20. The van der Waals surface area contributed by atoms with Gasteiger partial charge in [-0.05, 0) is 32.3 Å². The summed E-state index contributed by atoms with van der Waals surface area (Å²) in [7, 11) is -3.63. The molecule has 1 aliphatic heterocycles. The van der Waals surface area contributed by atoms with Crippen molar-refractivity contribution in [3.8, 4) is 0 Å². The van der Waals surface area contributed by atoms with Gasteiger partial charge in [-0.3, -0.25) is 0 Å². The summed E-state index contributed by atoms with van der Waals surface area (Å²) in [6.45, 7) is 2.13. The number of rotatable bonds is 4. The van der Waals surface area contributed by atoms with Gasteiger partial charge in [-0.2, -0.15) is 4.31 Å². The van der Waals surface area contributed by atoms with Gasteiger partial charge in [-0.15, -0.1) is 11.3 Å². The second-order valence-corrected chi connectivity index (χ2v) is 8.83. The van der Waals surface area contributed by atoms with Crippen molar-refractivity contribution < 1.29 is 13.5 Å². The highest BCUT2D eigenvalue weighted by molar-refractivity contribution is 7.89. The van der Waals surface area contributed by atoms with Gasteiger partial charge in [0.25, 0.3) is 0 Å². The first-order chi connectivity index (χ1) is 8.82. The van der Waals surface area contributed by atoms with Crippen LogP contribution in [0.5, 0.6) is 0 Å². The number of sulfonamides is 1. The maximum absolute atomic E-state index is 12.6. The Labute approximate surface area is 127 Å². The minimum Gasteiger partial charge on any atom is -0.393 e. The average molecular weight is 344 g/mol. The summed E-state index contributed by atoms with van der Waals surface area (Å²) < 4.78 is 27.1. The standard InChI is InChI=1S/C11H15Cl2NO3S2/c1-7(15)5-8-3-2-4-14(8)19(16,17)9-6-10(12)18-11(9)13/h6-8,15H,2-5H2,1H3. The van der Waals surface area contributed by atoms with E-state index in [1.54, 1.807) is 6.92 Å². The largest absolute Gasteiger partial charge is 0.393 e. The van der Waals surface area contributed by atoms with Crippen molar-refractivity contribution in [3.05, 3.63) is 14.7 Å². The molecule has 0 aromatic carbocycles. The first kappa shape index (κ1) is 15.5. The van der Waals surface area contributed by atoms with Crippen molar-refractivity contribution in [2.75, 3.05) is 6.54 Å². The van der Waals surface area contributed by atoms with Crippen molar-refractivity contribution in [2.24, 2.45) is 0 Å². The summed E-state index contributed by atoms with van der Waals surface area (Å²) in [5.74, 6) is 0. The number of thiophene rings is 1. The van der Waals surface area contributed by atoms with Gasteiger partial charge in [0.15, 0.2) is 0 Å². The monoisotopic (exact) mass is 343 g/mol. The van der Waals surface area contributed by atoms with Gasteiger partial charge in [0.2, 0.25) is 10.0 Å². The van der Waals surface area contributed by atoms with Crippen LogP contribution in [0, 0.1) is 0 Å². The molecule has 2 heterocycles. The minimum absolute atomic E-state index is 0.0710. The zero-order valence-corrected chi connectivity index (χ0v) is 13.5. The van der Waals surface area contributed by atoms with Gasteiger partial charge in [0.05, 0.1) is 10.4 Å². The molecule has 0 aliphatic carbocycles. The van der Waals surface area contributed by atoms with Crippen LogP contribution in [0.15, 0.2) is 11.0 Å². The molecule has 1 aromatic heterocycles. The smallest absolute Gasteiger partial charge is 0.245 e. The molecule has 4 nitrogen and oxygen atoms in total. The van der Waals surface area contributed by atoms with Crippen molar-refractivity contribution >= 4 is 44.6 Å². The second-order valence-electron chi connectivity index (χ2n) is 4.68. The molecular weight excluding hydrogens is 329 g/mol. The third kappa shape index (κ3) is 3.25. The highest BCUT2D eigenvalue weighted by atomic mass is 35.5. The van der Waals surface area contributed by atoms with Crippen molar-refractivity contribution in [1.82, 2.24) is 4.31 Å². The summed E-state index contributed by atoms with van der Waals surface area (Å²) in [5, 5.41) is 9.46. The lowest BCUT2D eigenvalue weighted by Gasteiger charge is -2.24. The summed E-state index contributed by atoms with van der Waals surface area (Å²) >= 11 is 12.8. The van der Waals surface area contributed by atoms with E-state index in [2.05, 4.69) is 0 Å². The lowest BCUT2D eigenvalue weighted by molar-refractivity contribution is 0.158. The number of aliphatic hydroxyl groups is 1. The number of hydrogen-bond acceptors (Lipinski definition) is 4. The normalized spacial score (nSPS) is 22.8. The van der Waals surface area contributed by atoms with Crippen LogP contribution < -0.4 is 0 Å². The van der Waals surface area contributed by atoms with Crippen LogP contribution in [-0.2, 0) is 10.0 Å². The summed E-state index contributed by atoms with van der Waals surface area (Å²) in [4.78, 5) is 0.0710. The van der Waals surface area contributed by atoms with E-state index in [0.717, 1.165) is 24.2 Å². The van der Waals surface area contributed by atoms with Gasteiger partial charge in [0.1, 0.15) is 9.23 Å². The molecule has 1 aliphatic rings. The highest BCUT2D eigenvalue weighted by Gasteiger charge is 2.37. The third-order valence-corrected chi connectivity index (χ3v) is 6.85. The zero-order valence-electron chi connectivity index (χ0n) is 10.3. The van der Waals surface area contributed by atoms with Crippen molar-refractivity contribution in [3.63, 3.8) is 0 Å². The van der Waals surface area contributed by atoms with Gasteiger partial charge in [-0.1, -0.05) is 23.2 Å². The Balaban J connectivity index is 2.31. The Kier molecular flexibility index (Phi) is 4.80. The molecule has 19 heavy (non-hydrogen) atoms. The molecule has 1 saturated heterocycles. The first-order valence-corrected chi connectivity index (χ1v) is 8.98. The lowest BCUT2D eigenvalue weighted by atomic mass is 10.1. The van der Waals surface area contributed by atoms with Crippen LogP contribution in [0.4, 0.5) is 0 Å². The van der Waals surface area contributed by atoms with E-state index in [9.17, 15) is 13.5 Å². The Morgan fingerprint density at radius 1 is 1.58 bits per heavy atom. The lowest BCUT2D eigenvalue weighted by Crippen LogP contribution is -2.37. The van der Waals surface area contributed by atoms with Crippen LogP contribution in [-0.4, -0.2) is 36.5 Å². The Bertz CT molecular complexity index is 556. The molecule has 1 aromatic rings. The van der Waals surface area contributed by atoms with Gasteiger partial charge in [0, 0.05) is 12.6 Å². The number of hydrogen-bond donors (Lipinski definition) is 1. The van der Waals surface area contributed by atoms with Gasteiger partial charge >= 0.3 is 0 Å². The quantitative estimate of drug-likeness (QED) is 0.914. The predicted octanol–water partition coefficient (Wildman–Crippen LogP) is 2.98. The maximum Gasteiger partial charge on any atom is 0.245 e. The van der Waals surface area contributed by atoms with Crippen molar-refractivity contribution in [1.29, 1.82) is 0 Å². The highest BCUT2D eigenvalue weighted by Crippen LogP contribution is 2.38.